The minimum Gasteiger partial charge on any atom is -0.492 e. The first kappa shape index (κ1) is 16.2. The fourth-order valence-corrected chi connectivity index (χ4v) is 4.07. The Labute approximate surface area is 158 Å². The third-order valence-corrected chi connectivity index (χ3v) is 5.28. The van der Waals surface area contributed by atoms with Crippen LogP contribution >= 0.6 is 0 Å². The van der Waals surface area contributed by atoms with Crippen LogP contribution < -0.4 is 14.8 Å². The van der Waals surface area contributed by atoms with Gasteiger partial charge in [0.2, 0.25) is 0 Å². The highest BCUT2D eigenvalue weighted by Gasteiger charge is 2.28. The Balaban J connectivity index is 1.77. The van der Waals surface area contributed by atoms with Gasteiger partial charge >= 0.3 is 0 Å². The van der Waals surface area contributed by atoms with Crippen molar-refractivity contribution in [1.82, 2.24) is 9.88 Å². The summed E-state index contributed by atoms with van der Waals surface area (Å²) < 4.78 is 14.7. The highest BCUT2D eigenvalue weighted by molar-refractivity contribution is 6.13. The summed E-state index contributed by atoms with van der Waals surface area (Å²) in [7, 11) is 1.94. The van der Waals surface area contributed by atoms with E-state index in [1.54, 1.807) is 0 Å². The third kappa shape index (κ3) is 2.56. The van der Waals surface area contributed by atoms with E-state index in [-0.39, 0.29) is 6.04 Å². The molecule has 0 saturated heterocycles. The van der Waals surface area contributed by atoms with Crippen LogP contribution in [0.15, 0.2) is 66.7 Å². The Morgan fingerprint density at radius 1 is 1.04 bits per heavy atom. The van der Waals surface area contributed by atoms with Crippen LogP contribution in [-0.2, 0) is 0 Å². The molecule has 27 heavy (non-hydrogen) atoms. The summed E-state index contributed by atoms with van der Waals surface area (Å²) in [5, 5.41) is 5.48. The third-order valence-electron chi connectivity index (χ3n) is 5.28. The molecule has 4 nitrogen and oxygen atoms in total. The summed E-state index contributed by atoms with van der Waals surface area (Å²) in [6.45, 7) is 2.08. The van der Waals surface area contributed by atoms with E-state index in [1.165, 1.54) is 16.5 Å². The number of benzene rings is 3. The van der Waals surface area contributed by atoms with Crippen molar-refractivity contribution in [2.45, 2.75) is 6.04 Å². The fourth-order valence-electron chi connectivity index (χ4n) is 4.07. The average Bonchev–Trinajstić information content (AvgIpc) is 3.07. The summed E-state index contributed by atoms with van der Waals surface area (Å²) in [4.78, 5) is 0. The highest BCUT2D eigenvalue weighted by Crippen LogP contribution is 2.44. The molecule has 4 aromatic rings. The van der Waals surface area contributed by atoms with Gasteiger partial charge in [0.1, 0.15) is 24.7 Å². The maximum Gasteiger partial charge on any atom is 0.143 e. The summed E-state index contributed by atoms with van der Waals surface area (Å²) in [6.07, 6.45) is 0. The highest BCUT2D eigenvalue weighted by atomic mass is 16.5. The quantitative estimate of drug-likeness (QED) is 0.538. The standard InChI is InChI=1S/C23H22N2O2/c1-24-13-14-26-20-11-6-10-18-22(20)17-9-5-12-21-23(17)25(18)19(15-27-21)16-7-3-2-4-8-16/h2-12,19,24H,13-15H2,1H3. The summed E-state index contributed by atoms with van der Waals surface area (Å²) in [6, 6.07) is 23.3. The molecule has 136 valence electrons. The van der Waals surface area contributed by atoms with Gasteiger partial charge in [-0.15, -0.1) is 0 Å². The van der Waals surface area contributed by atoms with Crippen molar-refractivity contribution in [2.75, 3.05) is 26.8 Å². The van der Waals surface area contributed by atoms with Gasteiger partial charge in [0, 0.05) is 17.3 Å². The topological polar surface area (TPSA) is 35.4 Å². The molecule has 5 rings (SSSR count). The van der Waals surface area contributed by atoms with Crippen LogP contribution in [0.1, 0.15) is 11.6 Å². The molecule has 1 aromatic heterocycles. The Kier molecular flexibility index (Phi) is 3.98. The zero-order chi connectivity index (χ0) is 18.2. The van der Waals surface area contributed by atoms with E-state index >= 15 is 0 Å². The van der Waals surface area contributed by atoms with Crippen molar-refractivity contribution in [2.24, 2.45) is 0 Å². The van der Waals surface area contributed by atoms with Crippen LogP contribution in [-0.4, -0.2) is 31.4 Å². The second kappa shape index (κ2) is 6.63. The van der Waals surface area contributed by atoms with Crippen LogP contribution in [0, 0.1) is 0 Å². The summed E-state index contributed by atoms with van der Waals surface area (Å²) in [5.41, 5.74) is 3.60. The number of para-hydroxylation sites is 1. The maximum absolute atomic E-state index is 6.16. The van der Waals surface area contributed by atoms with Gasteiger partial charge in [-0.05, 0) is 30.8 Å². The predicted octanol–water partition coefficient (Wildman–Crippen LogP) is 4.37. The Morgan fingerprint density at radius 3 is 2.74 bits per heavy atom. The van der Waals surface area contributed by atoms with E-state index in [2.05, 4.69) is 76.6 Å². The average molecular weight is 358 g/mol. The lowest BCUT2D eigenvalue weighted by atomic mass is 10.1. The number of ether oxygens (including phenoxy) is 2. The van der Waals surface area contributed by atoms with Crippen molar-refractivity contribution < 1.29 is 9.47 Å². The molecule has 3 aromatic carbocycles. The second-order valence-corrected chi connectivity index (χ2v) is 6.86. The van der Waals surface area contributed by atoms with Crippen LogP contribution in [0.4, 0.5) is 0 Å². The molecular formula is C23H22N2O2. The molecule has 1 N–H and O–H groups in total. The minimum atomic E-state index is 0.147. The zero-order valence-corrected chi connectivity index (χ0v) is 15.3. The molecule has 0 radical (unpaired) electrons. The number of hydrogen-bond donors (Lipinski definition) is 1. The number of aromatic nitrogens is 1. The molecule has 0 spiro atoms. The van der Waals surface area contributed by atoms with Crippen molar-refractivity contribution in [1.29, 1.82) is 0 Å². The number of likely N-dealkylation sites (N-methyl/N-ethyl adjacent to an activating group) is 1. The minimum absolute atomic E-state index is 0.147. The van der Waals surface area contributed by atoms with E-state index < -0.39 is 0 Å². The fraction of sp³-hybridized carbons (Fsp3) is 0.217. The molecule has 0 aliphatic carbocycles. The summed E-state index contributed by atoms with van der Waals surface area (Å²) in [5.74, 6) is 1.87. The largest absolute Gasteiger partial charge is 0.492 e. The first-order valence-corrected chi connectivity index (χ1v) is 9.39. The van der Waals surface area contributed by atoms with Crippen molar-refractivity contribution in [3.63, 3.8) is 0 Å². The number of hydrogen-bond acceptors (Lipinski definition) is 3. The molecule has 0 fully saturated rings. The Bertz CT molecular complexity index is 1100. The number of nitrogens with one attached hydrogen (secondary N) is 1. The van der Waals surface area contributed by atoms with Crippen LogP contribution in [0.5, 0.6) is 11.5 Å². The lowest BCUT2D eigenvalue weighted by molar-refractivity contribution is 0.262. The number of nitrogens with zero attached hydrogens (tertiary/aromatic N) is 1. The van der Waals surface area contributed by atoms with Gasteiger partial charge in [-0.2, -0.15) is 0 Å². The normalized spacial score (nSPS) is 15.8. The van der Waals surface area contributed by atoms with E-state index in [0.29, 0.717) is 13.2 Å². The second-order valence-electron chi connectivity index (χ2n) is 6.86. The van der Waals surface area contributed by atoms with Crippen LogP contribution in [0.25, 0.3) is 21.8 Å². The maximum atomic E-state index is 6.16. The van der Waals surface area contributed by atoms with Gasteiger partial charge < -0.3 is 19.4 Å². The first-order chi connectivity index (χ1) is 13.4. The van der Waals surface area contributed by atoms with Gasteiger partial charge in [-0.25, -0.2) is 0 Å². The molecule has 4 heteroatoms. The molecule has 2 heterocycles. The van der Waals surface area contributed by atoms with E-state index in [0.717, 1.165) is 28.9 Å². The van der Waals surface area contributed by atoms with Crippen LogP contribution in [0.3, 0.4) is 0 Å². The monoisotopic (exact) mass is 358 g/mol. The number of rotatable bonds is 5. The van der Waals surface area contributed by atoms with Crippen molar-refractivity contribution in [3.05, 3.63) is 72.3 Å². The number of fused-ring (bicyclic) bond motifs is 3. The van der Waals surface area contributed by atoms with Gasteiger partial charge in [0.25, 0.3) is 0 Å². The van der Waals surface area contributed by atoms with E-state index in [1.807, 2.05) is 7.05 Å². The molecule has 1 aliphatic heterocycles. The molecule has 1 atom stereocenters. The zero-order valence-electron chi connectivity index (χ0n) is 15.3. The Morgan fingerprint density at radius 2 is 1.89 bits per heavy atom. The molecule has 0 saturated carbocycles. The lowest BCUT2D eigenvalue weighted by Gasteiger charge is -2.27. The first-order valence-electron chi connectivity index (χ1n) is 9.39. The van der Waals surface area contributed by atoms with Crippen molar-refractivity contribution >= 4 is 21.8 Å². The molecule has 1 aliphatic rings. The van der Waals surface area contributed by atoms with Gasteiger partial charge in [-0.3, -0.25) is 0 Å². The predicted molar refractivity (Wildman–Crippen MR) is 109 cm³/mol. The van der Waals surface area contributed by atoms with Gasteiger partial charge in [0.05, 0.1) is 17.1 Å². The van der Waals surface area contributed by atoms with Crippen LogP contribution in [0.2, 0.25) is 0 Å². The molecule has 0 bridgehead atoms. The molecular weight excluding hydrogens is 336 g/mol. The van der Waals surface area contributed by atoms with E-state index in [9.17, 15) is 0 Å². The SMILES string of the molecule is CNCCOc1cccc2c1c1cccc3c1n2C(c1ccccc1)CO3. The Hall–Kier alpha value is -2.98. The van der Waals surface area contributed by atoms with Gasteiger partial charge in [-0.1, -0.05) is 48.5 Å². The van der Waals surface area contributed by atoms with E-state index in [4.69, 9.17) is 9.47 Å². The van der Waals surface area contributed by atoms with Gasteiger partial charge in [0.15, 0.2) is 0 Å². The smallest absolute Gasteiger partial charge is 0.143 e. The van der Waals surface area contributed by atoms with Crippen molar-refractivity contribution in [3.8, 4) is 11.5 Å². The molecule has 0 amide bonds. The molecule has 1 unspecified atom stereocenters. The lowest BCUT2D eigenvalue weighted by Crippen LogP contribution is -2.22. The summed E-state index contributed by atoms with van der Waals surface area (Å²) >= 11 is 0.